The van der Waals surface area contributed by atoms with Gasteiger partial charge in [-0.25, -0.2) is 4.98 Å². The molecule has 0 fully saturated rings. The van der Waals surface area contributed by atoms with Crippen molar-refractivity contribution in [2.24, 2.45) is 0 Å². The van der Waals surface area contributed by atoms with Crippen molar-refractivity contribution in [3.8, 4) is 17.0 Å². The first-order chi connectivity index (χ1) is 15.0. The van der Waals surface area contributed by atoms with E-state index in [1.807, 2.05) is 104 Å². The van der Waals surface area contributed by atoms with Gasteiger partial charge in [-0.3, -0.25) is 4.79 Å². The van der Waals surface area contributed by atoms with Gasteiger partial charge in [0.25, 0.3) is 5.91 Å². The third kappa shape index (κ3) is 4.42. The SMILES string of the molecule is CN(C)C[C@H](NC(=O)c1c(O)c(-c2ccccc2)nc2ccccc12)c1ccccc1. The number of likely N-dealkylation sites (N-methyl/N-ethyl adjacent to an activating group) is 1. The lowest BCUT2D eigenvalue weighted by Crippen LogP contribution is -2.35. The molecule has 0 saturated heterocycles. The fraction of sp³-hybridized carbons (Fsp3) is 0.154. The van der Waals surface area contributed by atoms with Crippen LogP contribution in [0.5, 0.6) is 5.75 Å². The number of fused-ring (bicyclic) bond motifs is 1. The molecule has 1 aromatic heterocycles. The summed E-state index contributed by atoms with van der Waals surface area (Å²) in [6.07, 6.45) is 0. The number of aromatic nitrogens is 1. The van der Waals surface area contributed by atoms with Crippen molar-refractivity contribution in [1.82, 2.24) is 15.2 Å². The molecule has 0 aliphatic heterocycles. The van der Waals surface area contributed by atoms with Crippen LogP contribution >= 0.6 is 0 Å². The Kier molecular flexibility index (Phi) is 5.96. The van der Waals surface area contributed by atoms with E-state index in [9.17, 15) is 9.90 Å². The average molecular weight is 412 g/mol. The molecule has 156 valence electrons. The topological polar surface area (TPSA) is 65.5 Å². The van der Waals surface area contributed by atoms with Crippen LogP contribution in [0.1, 0.15) is 22.0 Å². The minimum Gasteiger partial charge on any atom is -0.505 e. The summed E-state index contributed by atoms with van der Waals surface area (Å²) in [7, 11) is 3.93. The Labute approximate surface area is 182 Å². The largest absolute Gasteiger partial charge is 0.505 e. The molecule has 5 nitrogen and oxygen atoms in total. The van der Waals surface area contributed by atoms with E-state index in [-0.39, 0.29) is 23.3 Å². The van der Waals surface area contributed by atoms with E-state index >= 15 is 0 Å². The Morgan fingerprint density at radius 3 is 2.23 bits per heavy atom. The van der Waals surface area contributed by atoms with Gasteiger partial charge in [0, 0.05) is 17.5 Å². The maximum Gasteiger partial charge on any atom is 0.256 e. The lowest BCUT2D eigenvalue weighted by molar-refractivity contribution is 0.0929. The predicted octanol–water partition coefficient (Wildman–Crippen LogP) is 4.64. The van der Waals surface area contributed by atoms with Gasteiger partial charge in [-0.15, -0.1) is 0 Å². The van der Waals surface area contributed by atoms with Crippen LogP contribution in [-0.4, -0.2) is 41.5 Å². The molecule has 5 heteroatoms. The van der Waals surface area contributed by atoms with Gasteiger partial charge in [0.1, 0.15) is 5.69 Å². The number of hydrogen-bond acceptors (Lipinski definition) is 4. The zero-order valence-corrected chi connectivity index (χ0v) is 17.6. The molecule has 1 amide bonds. The summed E-state index contributed by atoms with van der Waals surface area (Å²) in [6.45, 7) is 0.630. The highest BCUT2D eigenvalue weighted by molar-refractivity contribution is 6.10. The van der Waals surface area contributed by atoms with Crippen LogP contribution in [0.2, 0.25) is 0 Å². The summed E-state index contributed by atoms with van der Waals surface area (Å²) in [5, 5.41) is 14.9. The third-order valence-corrected chi connectivity index (χ3v) is 5.20. The first-order valence-electron chi connectivity index (χ1n) is 10.2. The van der Waals surface area contributed by atoms with E-state index in [1.54, 1.807) is 0 Å². The lowest BCUT2D eigenvalue weighted by atomic mass is 10.0. The number of pyridine rings is 1. The van der Waals surface area contributed by atoms with Crippen molar-refractivity contribution in [3.63, 3.8) is 0 Å². The van der Waals surface area contributed by atoms with E-state index < -0.39 is 0 Å². The smallest absolute Gasteiger partial charge is 0.256 e. The van der Waals surface area contributed by atoms with E-state index in [2.05, 4.69) is 10.3 Å². The van der Waals surface area contributed by atoms with Crippen molar-refractivity contribution < 1.29 is 9.90 Å². The van der Waals surface area contributed by atoms with Crippen molar-refractivity contribution >= 4 is 16.8 Å². The van der Waals surface area contributed by atoms with Gasteiger partial charge < -0.3 is 15.3 Å². The first-order valence-corrected chi connectivity index (χ1v) is 10.2. The Bertz CT molecular complexity index is 1190. The number of aromatic hydroxyl groups is 1. The Morgan fingerprint density at radius 1 is 0.935 bits per heavy atom. The van der Waals surface area contributed by atoms with Crippen molar-refractivity contribution in [2.75, 3.05) is 20.6 Å². The number of para-hydroxylation sites is 1. The molecular weight excluding hydrogens is 386 g/mol. The molecule has 4 rings (SSSR count). The molecule has 0 bridgehead atoms. The van der Waals surface area contributed by atoms with Crippen LogP contribution in [0.15, 0.2) is 84.9 Å². The molecular formula is C26H25N3O2. The standard InChI is InChI=1S/C26H25N3O2/c1-29(2)17-22(18-11-5-3-6-12-18)28-26(31)23-20-15-9-10-16-21(20)27-24(25(23)30)19-13-7-4-8-14-19/h3-16,22,30H,17H2,1-2H3,(H,28,31)/t22-/m0/s1. The van der Waals surface area contributed by atoms with Gasteiger partial charge in [0.05, 0.1) is 17.1 Å². The number of amides is 1. The third-order valence-electron chi connectivity index (χ3n) is 5.20. The average Bonchev–Trinajstić information content (AvgIpc) is 2.79. The quantitative estimate of drug-likeness (QED) is 0.485. The summed E-state index contributed by atoms with van der Waals surface area (Å²) in [4.78, 5) is 20.2. The second-order valence-corrected chi connectivity index (χ2v) is 7.77. The molecule has 31 heavy (non-hydrogen) atoms. The number of nitrogens with one attached hydrogen (secondary N) is 1. The van der Waals surface area contributed by atoms with Gasteiger partial charge in [-0.1, -0.05) is 78.9 Å². The molecule has 0 aliphatic carbocycles. The minimum atomic E-state index is -0.330. The van der Waals surface area contributed by atoms with Crippen LogP contribution in [0, 0.1) is 0 Å². The molecule has 3 aromatic carbocycles. The van der Waals surface area contributed by atoms with Gasteiger partial charge >= 0.3 is 0 Å². The maximum absolute atomic E-state index is 13.5. The van der Waals surface area contributed by atoms with Crippen LogP contribution < -0.4 is 5.32 Å². The number of nitrogens with zero attached hydrogens (tertiary/aromatic N) is 2. The van der Waals surface area contributed by atoms with E-state index in [0.29, 0.717) is 23.1 Å². The predicted molar refractivity (Wildman–Crippen MR) is 124 cm³/mol. The van der Waals surface area contributed by atoms with E-state index in [0.717, 1.165) is 11.1 Å². The van der Waals surface area contributed by atoms with Crippen LogP contribution in [0.3, 0.4) is 0 Å². The number of hydrogen-bond donors (Lipinski definition) is 2. The van der Waals surface area contributed by atoms with Crippen molar-refractivity contribution in [1.29, 1.82) is 0 Å². The molecule has 1 atom stereocenters. The maximum atomic E-state index is 13.5. The summed E-state index contributed by atoms with van der Waals surface area (Å²) < 4.78 is 0. The monoisotopic (exact) mass is 411 g/mol. The highest BCUT2D eigenvalue weighted by atomic mass is 16.3. The van der Waals surface area contributed by atoms with Gasteiger partial charge in [0.15, 0.2) is 5.75 Å². The molecule has 1 heterocycles. The molecule has 2 N–H and O–H groups in total. The Morgan fingerprint density at radius 2 is 1.55 bits per heavy atom. The van der Waals surface area contributed by atoms with Gasteiger partial charge in [-0.2, -0.15) is 0 Å². The minimum absolute atomic E-state index is 0.112. The Hall–Kier alpha value is -3.70. The number of rotatable bonds is 6. The number of benzene rings is 3. The summed E-state index contributed by atoms with van der Waals surface area (Å²) in [5.41, 5.74) is 3.06. The van der Waals surface area contributed by atoms with Gasteiger partial charge in [0.2, 0.25) is 0 Å². The molecule has 0 saturated carbocycles. The van der Waals surface area contributed by atoms with E-state index in [1.165, 1.54) is 0 Å². The normalized spacial score (nSPS) is 12.1. The molecule has 0 radical (unpaired) electrons. The van der Waals surface area contributed by atoms with E-state index in [4.69, 9.17) is 0 Å². The molecule has 0 unspecified atom stereocenters. The zero-order chi connectivity index (χ0) is 21.8. The number of carbonyl (C=O) groups is 1. The highest BCUT2D eigenvalue weighted by Crippen LogP contribution is 2.35. The second-order valence-electron chi connectivity index (χ2n) is 7.77. The zero-order valence-electron chi connectivity index (χ0n) is 17.6. The number of carbonyl (C=O) groups excluding carboxylic acids is 1. The fourth-order valence-corrected chi connectivity index (χ4v) is 3.74. The van der Waals surface area contributed by atoms with Crippen molar-refractivity contribution in [3.05, 3.63) is 96.1 Å². The lowest BCUT2D eigenvalue weighted by Gasteiger charge is -2.23. The van der Waals surface area contributed by atoms with Gasteiger partial charge in [-0.05, 0) is 25.7 Å². The summed E-state index contributed by atoms with van der Waals surface area (Å²) in [6, 6.07) is 26.4. The Balaban J connectivity index is 1.80. The molecule has 0 aliphatic rings. The highest BCUT2D eigenvalue weighted by Gasteiger charge is 2.24. The fourth-order valence-electron chi connectivity index (χ4n) is 3.74. The summed E-state index contributed by atoms with van der Waals surface area (Å²) >= 11 is 0. The molecule has 4 aromatic rings. The van der Waals surface area contributed by atoms with Crippen LogP contribution in [0.4, 0.5) is 0 Å². The first kappa shape index (κ1) is 20.6. The van der Waals surface area contributed by atoms with Crippen molar-refractivity contribution in [2.45, 2.75) is 6.04 Å². The van der Waals surface area contributed by atoms with Crippen LogP contribution in [0.25, 0.3) is 22.2 Å². The molecule has 0 spiro atoms. The second kappa shape index (κ2) is 8.98. The van der Waals surface area contributed by atoms with Crippen LogP contribution in [-0.2, 0) is 0 Å². The summed E-state index contributed by atoms with van der Waals surface area (Å²) in [5.74, 6) is -0.442.